The van der Waals surface area contributed by atoms with E-state index in [-0.39, 0.29) is 5.82 Å². The monoisotopic (exact) mass is 492 g/mol. The van der Waals surface area contributed by atoms with Crippen LogP contribution in [-0.4, -0.2) is 17.0 Å². The Kier molecular flexibility index (Phi) is 6.18. The number of benzene rings is 4. The van der Waals surface area contributed by atoms with Gasteiger partial charge in [0.1, 0.15) is 0 Å². The molecule has 0 aliphatic rings. The van der Waals surface area contributed by atoms with Crippen LogP contribution in [0.3, 0.4) is 0 Å². The van der Waals surface area contributed by atoms with Crippen molar-refractivity contribution in [3.8, 4) is 0 Å². The first kappa shape index (κ1) is 19.3. The third kappa shape index (κ3) is 3.89. The molecule has 0 heterocycles. The molecule has 0 saturated carbocycles. The van der Waals surface area contributed by atoms with Gasteiger partial charge in [-0.25, -0.2) is 0 Å². The van der Waals surface area contributed by atoms with E-state index in [2.05, 4.69) is 91.0 Å². The molecule has 0 nitrogen and oxygen atoms in total. The molecule has 0 aliphatic carbocycles. The van der Waals surface area contributed by atoms with Crippen LogP contribution < -0.4 is 10.7 Å². The van der Waals surface area contributed by atoms with Gasteiger partial charge < -0.3 is 0 Å². The summed E-state index contributed by atoms with van der Waals surface area (Å²) in [4.78, 5) is 0. The van der Waals surface area contributed by atoms with Gasteiger partial charge in [0.25, 0.3) is 0 Å². The average molecular weight is 491 g/mol. The van der Waals surface area contributed by atoms with E-state index in [1.807, 2.05) is 21.1 Å². The van der Waals surface area contributed by atoms with Crippen LogP contribution in [0.1, 0.15) is 5.56 Å². The fourth-order valence-corrected chi connectivity index (χ4v) is 23.4. The molecule has 0 fully saturated rings. The molecule has 3 heteroatoms. The zero-order valence-corrected chi connectivity index (χ0v) is 19.1. The molecule has 0 aromatic heterocycles. The second-order valence-electron chi connectivity index (χ2n) is 6.66. The molecule has 0 spiro atoms. The quantitative estimate of drug-likeness (QED) is 0.352. The summed E-state index contributed by atoms with van der Waals surface area (Å²) in [5, 5.41) is 0. The molecule has 0 radical (unpaired) electrons. The summed E-state index contributed by atoms with van der Waals surface area (Å²) in [6.45, 7) is 0. The molecular weight excluding hydrogens is 470 g/mol. The van der Waals surface area contributed by atoms with Crippen LogP contribution >= 0.6 is 8.95 Å². The Labute approximate surface area is 172 Å². The van der Waals surface area contributed by atoms with Gasteiger partial charge in [0.05, 0.1) is 0 Å². The predicted molar refractivity (Wildman–Crippen MR) is 122 cm³/mol. The van der Waals surface area contributed by atoms with Gasteiger partial charge in [-0.3, -0.25) is 0 Å². The van der Waals surface area contributed by atoms with E-state index < -0.39 is 17.0 Å². The van der Waals surface area contributed by atoms with Crippen LogP contribution in [0.15, 0.2) is 115 Å². The third-order valence-corrected chi connectivity index (χ3v) is 25.3. The summed E-state index contributed by atoms with van der Waals surface area (Å²) in [5.74, 6) is 0.547. The summed E-state index contributed by atoms with van der Waals surface area (Å²) >= 11 is -3.38. The molecule has 4 rings (SSSR count). The van der Waals surface area contributed by atoms with Crippen LogP contribution in [-0.2, 0) is 5.75 Å². The first-order valence-corrected chi connectivity index (χ1v) is 18.1. The van der Waals surface area contributed by atoms with Gasteiger partial charge in [0.2, 0.25) is 0 Å². The SMILES string of the molecule is Fc1ccccc1C[S][Sn]([c]1ccccc1)([c]1ccccc1)[c]1ccccc1. The van der Waals surface area contributed by atoms with E-state index in [9.17, 15) is 4.39 Å². The van der Waals surface area contributed by atoms with Crippen molar-refractivity contribution in [1.29, 1.82) is 0 Å². The zero-order chi connectivity index (χ0) is 19.2. The van der Waals surface area contributed by atoms with Crippen molar-refractivity contribution in [3.05, 3.63) is 127 Å². The molecule has 0 bridgehead atoms. The summed E-state index contributed by atoms with van der Waals surface area (Å²) in [6.07, 6.45) is 0. The van der Waals surface area contributed by atoms with Gasteiger partial charge in [0.15, 0.2) is 0 Å². The Morgan fingerprint density at radius 1 is 0.536 bits per heavy atom. The van der Waals surface area contributed by atoms with Gasteiger partial charge in [-0.15, -0.1) is 0 Å². The van der Waals surface area contributed by atoms with Crippen molar-refractivity contribution in [1.82, 2.24) is 0 Å². The number of halogens is 1. The Morgan fingerprint density at radius 2 is 0.929 bits per heavy atom. The molecule has 0 aliphatic heterocycles. The average Bonchev–Trinajstić information content (AvgIpc) is 2.78. The molecule has 138 valence electrons. The normalized spacial score (nSPS) is 11.3. The van der Waals surface area contributed by atoms with Crippen molar-refractivity contribution in [2.24, 2.45) is 0 Å². The zero-order valence-electron chi connectivity index (χ0n) is 15.5. The number of rotatable bonds is 6. The summed E-state index contributed by atoms with van der Waals surface area (Å²) in [6, 6.07) is 39.6. The van der Waals surface area contributed by atoms with E-state index in [0.717, 1.165) is 5.56 Å². The second kappa shape index (κ2) is 8.97. The van der Waals surface area contributed by atoms with Gasteiger partial charge in [-0.1, -0.05) is 0 Å². The fraction of sp³-hybridized carbons (Fsp3) is 0.0400. The van der Waals surface area contributed by atoms with E-state index in [1.54, 1.807) is 12.1 Å². The fourth-order valence-electron chi connectivity index (χ4n) is 3.57. The van der Waals surface area contributed by atoms with Gasteiger partial charge in [-0.2, -0.15) is 0 Å². The molecule has 0 atom stereocenters. The van der Waals surface area contributed by atoms with Crippen molar-refractivity contribution in [2.75, 3.05) is 0 Å². The van der Waals surface area contributed by atoms with Crippen molar-refractivity contribution >= 4 is 36.7 Å². The van der Waals surface area contributed by atoms with Crippen LogP contribution in [0.5, 0.6) is 0 Å². The van der Waals surface area contributed by atoms with E-state index in [0.29, 0.717) is 5.75 Å². The van der Waals surface area contributed by atoms with Crippen LogP contribution in [0.25, 0.3) is 0 Å². The van der Waals surface area contributed by atoms with Gasteiger partial charge in [-0.05, 0) is 0 Å². The van der Waals surface area contributed by atoms with Crippen molar-refractivity contribution in [2.45, 2.75) is 5.75 Å². The molecule has 0 amide bonds. The first-order chi connectivity index (χ1) is 13.8. The van der Waals surface area contributed by atoms with E-state index >= 15 is 0 Å². The first-order valence-electron chi connectivity index (χ1n) is 9.34. The second-order valence-corrected chi connectivity index (χ2v) is 22.6. The summed E-state index contributed by atoms with van der Waals surface area (Å²) < 4.78 is 18.6. The molecule has 0 unspecified atom stereocenters. The van der Waals surface area contributed by atoms with Crippen LogP contribution in [0.2, 0.25) is 0 Å². The minimum absolute atomic E-state index is 0.121. The van der Waals surface area contributed by atoms with Crippen molar-refractivity contribution in [3.63, 3.8) is 0 Å². The number of hydrogen-bond acceptors (Lipinski definition) is 1. The molecule has 4 aromatic rings. The van der Waals surface area contributed by atoms with Gasteiger partial charge in [0, 0.05) is 0 Å². The van der Waals surface area contributed by atoms with Crippen LogP contribution in [0.4, 0.5) is 4.39 Å². The molecule has 0 N–H and O–H groups in total. The predicted octanol–water partition coefficient (Wildman–Crippen LogP) is 4.73. The molecule has 4 aromatic carbocycles. The number of hydrogen-bond donors (Lipinski definition) is 0. The van der Waals surface area contributed by atoms with E-state index in [1.165, 1.54) is 10.7 Å². The standard InChI is InChI=1S/C7H7FS.3C6H5.Sn/c8-7-4-2-1-3-6(7)5-9;3*1-2-4-6-5-3-1;/h1-4,9H,5H2;3*1-5H;/q;;;;+1/p-1. The third-order valence-electron chi connectivity index (χ3n) is 4.94. The Hall–Kier alpha value is -2.04. The molecule has 28 heavy (non-hydrogen) atoms. The Morgan fingerprint density at radius 3 is 1.36 bits per heavy atom. The van der Waals surface area contributed by atoms with Crippen molar-refractivity contribution < 1.29 is 4.39 Å². The van der Waals surface area contributed by atoms with Crippen LogP contribution in [0, 0.1) is 5.82 Å². The van der Waals surface area contributed by atoms with Gasteiger partial charge >= 0.3 is 173 Å². The molecule has 0 saturated heterocycles. The summed E-state index contributed by atoms with van der Waals surface area (Å²) in [5.41, 5.74) is 0.774. The summed E-state index contributed by atoms with van der Waals surface area (Å²) in [7, 11) is 1.97. The maximum absolute atomic E-state index is 14.4. The molecular formula is C25H21FSSn. The minimum atomic E-state index is -3.38. The van der Waals surface area contributed by atoms with E-state index in [4.69, 9.17) is 0 Å². The maximum atomic E-state index is 14.4. The Balaban J connectivity index is 1.89. The topological polar surface area (TPSA) is 0 Å². The Bertz CT molecular complexity index is 923.